The lowest BCUT2D eigenvalue weighted by Gasteiger charge is -2.18. The molecule has 3 rings (SSSR count). The number of pyridine rings is 1. The molecule has 0 saturated carbocycles. The number of aldehydes is 1. The van der Waals surface area contributed by atoms with E-state index < -0.39 is 0 Å². The van der Waals surface area contributed by atoms with Crippen LogP contribution in [0.1, 0.15) is 34.6 Å². The fourth-order valence-corrected chi connectivity index (χ4v) is 2.56. The maximum Gasteiger partial charge on any atom is 0.225 e. The highest BCUT2D eigenvalue weighted by Gasteiger charge is 2.13. The summed E-state index contributed by atoms with van der Waals surface area (Å²) in [6.45, 7) is 2.49. The Morgan fingerprint density at radius 1 is 1.27 bits per heavy atom. The number of hydrogen-bond acceptors (Lipinski definition) is 7. The van der Waals surface area contributed by atoms with Gasteiger partial charge in [-0.2, -0.15) is 5.10 Å². The van der Waals surface area contributed by atoms with Gasteiger partial charge in [0.1, 0.15) is 0 Å². The van der Waals surface area contributed by atoms with E-state index >= 15 is 0 Å². The third kappa shape index (κ3) is 3.69. The predicted octanol–water partition coefficient (Wildman–Crippen LogP) is 2.17. The maximum absolute atomic E-state index is 11.1. The van der Waals surface area contributed by atoms with Crippen molar-refractivity contribution < 1.29 is 4.79 Å². The number of carbonyl (C=O) groups excluding carboxylic acids is 1. The van der Waals surface area contributed by atoms with Crippen molar-refractivity contribution >= 4 is 17.9 Å². The number of hydrogen-bond donors (Lipinski definition) is 1. The fraction of sp³-hybridized carbons (Fsp3) is 0.278. The van der Waals surface area contributed by atoms with Gasteiger partial charge < -0.3 is 10.2 Å². The van der Waals surface area contributed by atoms with E-state index in [9.17, 15) is 4.79 Å². The van der Waals surface area contributed by atoms with Crippen LogP contribution >= 0.6 is 0 Å². The average molecular weight is 351 g/mol. The van der Waals surface area contributed by atoms with E-state index in [1.807, 2.05) is 36.8 Å². The number of anilines is 2. The first-order valence-corrected chi connectivity index (χ1v) is 8.26. The van der Waals surface area contributed by atoms with Crippen molar-refractivity contribution in [3.05, 3.63) is 59.9 Å². The standard InChI is InChI=1S/C18H21N7O/c1-13(25-10-16(19-2)9-23-25)15-7-21-18(22-8-15)24(3)11-17-14(12-26)5-4-6-20-17/h4-10,12-13,19H,11H2,1-3H3. The maximum atomic E-state index is 11.1. The van der Waals surface area contributed by atoms with Gasteiger partial charge in [0.15, 0.2) is 6.29 Å². The van der Waals surface area contributed by atoms with E-state index in [1.165, 1.54) is 0 Å². The van der Waals surface area contributed by atoms with Gasteiger partial charge in [-0.15, -0.1) is 0 Å². The SMILES string of the molecule is CNc1cnn(C(C)c2cnc(N(C)Cc3ncccc3C=O)nc2)c1. The summed E-state index contributed by atoms with van der Waals surface area (Å²) in [7, 11) is 3.73. The van der Waals surface area contributed by atoms with Crippen molar-refractivity contribution in [1.82, 2.24) is 24.7 Å². The lowest BCUT2D eigenvalue weighted by molar-refractivity contribution is 0.112. The van der Waals surface area contributed by atoms with Gasteiger partial charge in [0.25, 0.3) is 0 Å². The highest BCUT2D eigenvalue weighted by molar-refractivity contribution is 5.76. The largest absolute Gasteiger partial charge is 0.386 e. The number of nitrogens with zero attached hydrogens (tertiary/aromatic N) is 6. The highest BCUT2D eigenvalue weighted by atomic mass is 16.1. The van der Waals surface area contributed by atoms with Gasteiger partial charge in [0.05, 0.1) is 30.2 Å². The molecule has 26 heavy (non-hydrogen) atoms. The summed E-state index contributed by atoms with van der Waals surface area (Å²) in [6.07, 6.45) is 9.78. The Morgan fingerprint density at radius 2 is 2.04 bits per heavy atom. The van der Waals surface area contributed by atoms with Crippen molar-refractivity contribution in [2.45, 2.75) is 19.5 Å². The van der Waals surface area contributed by atoms with E-state index in [1.54, 1.807) is 36.9 Å². The molecule has 0 amide bonds. The number of aromatic nitrogens is 5. The monoisotopic (exact) mass is 351 g/mol. The van der Waals surface area contributed by atoms with E-state index in [-0.39, 0.29) is 6.04 Å². The molecule has 0 aliphatic rings. The van der Waals surface area contributed by atoms with Crippen molar-refractivity contribution in [1.29, 1.82) is 0 Å². The molecule has 8 nitrogen and oxygen atoms in total. The molecule has 3 aromatic rings. The Balaban J connectivity index is 1.73. The third-order valence-corrected chi connectivity index (χ3v) is 4.21. The molecule has 8 heteroatoms. The van der Waals surface area contributed by atoms with Gasteiger partial charge in [-0.05, 0) is 19.1 Å². The summed E-state index contributed by atoms with van der Waals surface area (Å²) < 4.78 is 1.86. The Bertz CT molecular complexity index is 875. The first-order chi connectivity index (χ1) is 12.6. The second-order valence-electron chi connectivity index (χ2n) is 5.96. The molecule has 1 N–H and O–H groups in total. The average Bonchev–Trinajstić information content (AvgIpc) is 3.17. The van der Waals surface area contributed by atoms with Crippen molar-refractivity contribution in [3.8, 4) is 0 Å². The molecule has 0 spiro atoms. The van der Waals surface area contributed by atoms with Crippen molar-refractivity contribution in [2.24, 2.45) is 0 Å². The number of nitrogens with one attached hydrogen (secondary N) is 1. The quantitative estimate of drug-likeness (QED) is 0.653. The topological polar surface area (TPSA) is 88.8 Å². The molecule has 0 aliphatic carbocycles. The molecule has 134 valence electrons. The molecule has 0 fully saturated rings. The van der Waals surface area contributed by atoms with Crippen LogP contribution in [0.2, 0.25) is 0 Å². The van der Waals surface area contributed by atoms with Crippen LogP contribution in [0.5, 0.6) is 0 Å². The molecule has 0 saturated heterocycles. The Kier molecular flexibility index (Phi) is 5.21. The minimum absolute atomic E-state index is 0.0221. The van der Waals surface area contributed by atoms with Crippen LogP contribution in [0.25, 0.3) is 0 Å². The summed E-state index contributed by atoms with van der Waals surface area (Å²) in [5.41, 5.74) is 3.18. The molecule has 1 atom stereocenters. The van der Waals surface area contributed by atoms with Crippen LogP contribution in [0.4, 0.5) is 11.6 Å². The summed E-state index contributed by atoms with van der Waals surface area (Å²) in [5, 5.41) is 7.40. The van der Waals surface area contributed by atoms with Gasteiger partial charge in [0.2, 0.25) is 5.95 Å². The summed E-state index contributed by atoms with van der Waals surface area (Å²) in [4.78, 5) is 26.1. The lowest BCUT2D eigenvalue weighted by Crippen LogP contribution is -2.21. The van der Waals surface area contributed by atoms with E-state index in [0.717, 1.165) is 17.5 Å². The highest BCUT2D eigenvalue weighted by Crippen LogP contribution is 2.19. The van der Waals surface area contributed by atoms with Gasteiger partial charge >= 0.3 is 0 Å². The first-order valence-electron chi connectivity index (χ1n) is 8.26. The number of rotatable bonds is 7. The van der Waals surface area contributed by atoms with Crippen LogP contribution in [0.3, 0.4) is 0 Å². The van der Waals surface area contributed by atoms with Crippen LogP contribution in [0, 0.1) is 0 Å². The van der Waals surface area contributed by atoms with E-state index in [4.69, 9.17) is 0 Å². The normalized spacial score (nSPS) is 11.8. The van der Waals surface area contributed by atoms with Crippen LogP contribution in [0.15, 0.2) is 43.1 Å². The molecule has 3 heterocycles. The Hall–Kier alpha value is -3.29. The van der Waals surface area contributed by atoms with Gasteiger partial charge in [-0.25, -0.2) is 9.97 Å². The smallest absolute Gasteiger partial charge is 0.225 e. The van der Waals surface area contributed by atoms with Crippen LogP contribution in [-0.2, 0) is 6.54 Å². The van der Waals surface area contributed by atoms with Crippen molar-refractivity contribution in [3.63, 3.8) is 0 Å². The molecule has 3 aromatic heterocycles. The minimum Gasteiger partial charge on any atom is -0.386 e. The molecule has 1 unspecified atom stereocenters. The second-order valence-corrected chi connectivity index (χ2v) is 5.96. The Morgan fingerprint density at radius 3 is 2.69 bits per heavy atom. The van der Waals surface area contributed by atoms with E-state index in [0.29, 0.717) is 23.8 Å². The van der Waals surface area contributed by atoms with Gasteiger partial charge in [0, 0.05) is 50.0 Å². The minimum atomic E-state index is 0.0221. The zero-order valence-corrected chi connectivity index (χ0v) is 15.0. The van der Waals surface area contributed by atoms with Crippen LogP contribution < -0.4 is 10.2 Å². The van der Waals surface area contributed by atoms with Crippen LogP contribution in [-0.4, -0.2) is 45.1 Å². The molecular weight excluding hydrogens is 330 g/mol. The van der Waals surface area contributed by atoms with E-state index in [2.05, 4.69) is 25.4 Å². The predicted molar refractivity (Wildman–Crippen MR) is 99.4 cm³/mol. The third-order valence-electron chi connectivity index (χ3n) is 4.21. The van der Waals surface area contributed by atoms with Crippen molar-refractivity contribution in [2.75, 3.05) is 24.3 Å². The molecule has 0 radical (unpaired) electrons. The fourth-order valence-electron chi connectivity index (χ4n) is 2.56. The molecule has 0 aliphatic heterocycles. The zero-order chi connectivity index (χ0) is 18.5. The van der Waals surface area contributed by atoms with Gasteiger partial charge in [-0.3, -0.25) is 14.5 Å². The summed E-state index contributed by atoms with van der Waals surface area (Å²) in [5.74, 6) is 0.569. The second kappa shape index (κ2) is 7.73. The summed E-state index contributed by atoms with van der Waals surface area (Å²) in [6, 6.07) is 3.52. The summed E-state index contributed by atoms with van der Waals surface area (Å²) >= 11 is 0. The zero-order valence-electron chi connectivity index (χ0n) is 15.0. The molecule has 0 bridgehead atoms. The number of carbonyl (C=O) groups is 1. The lowest BCUT2D eigenvalue weighted by atomic mass is 10.2. The van der Waals surface area contributed by atoms with Gasteiger partial charge in [-0.1, -0.05) is 0 Å². The molecular formula is C18H21N7O. The Labute approximate surface area is 151 Å². The molecule has 0 aromatic carbocycles. The first kappa shape index (κ1) is 17.5.